The van der Waals surface area contributed by atoms with Crippen LogP contribution in [0.3, 0.4) is 0 Å². The van der Waals surface area contributed by atoms with Crippen molar-refractivity contribution in [3.05, 3.63) is 22.5 Å². The minimum atomic E-state index is 0.251. The Kier molecular flexibility index (Phi) is 4.26. The Bertz CT molecular complexity index is 423. The van der Waals surface area contributed by atoms with E-state index in [0.717, 1.165) is 29.8 Å². The van der Waals surface area contributed by atoms with Crippen molar-refractivity contribution in [2.45, 2.75) is 65.7 Å². The lowest BCUT2D eigenvalue weighted by molar-refractivity contribution is 0.0893. The smallest absolute Gasteiger partial charge is 0.182 e. The van der Waals surface area contributed by atoms with Crippen molar-refractivity contribution in [1.82, 2.24) is 4.98 Å². The van der Waals surface area contributed by atoms with Gasteiger partial charge in [-0.15, -0.1) is 0 Å². The van der Waals surface area contributed by atoms with Crippen molar-refractivity contribution in [2.75, 3.05) is 0 Å². The number of ketones is 1. The standard InChI is InChI=1S/C16H25NO/c1-11-12(2)15(17-13(11)3)16(18)14-9-7-5-4-6-8-10-14/h14,17H,4-10H2,1-3H3. The second-order valence-corrected chi connectivity index (χ2v) is 5.78. The molecule has 1 aromatic heterocycles. The third kappa shape index (κ3) is 2.68. The van der Waals surface area contributed by atoms with Gasteiger partial charge in [-0.2, -0.15) is 0 Å². The molecule has 0 amide bonds. The van der Waals surface area contributed by atoms with Crippen LogP contribution in [0.25, 0.3) is 0 Å². The Morgan fingerprint density at radius 2 is 1.50 bits per heavy atom. The molecule has 18 heavy (non-hydrogen) atoms. The Morgan fingerprint density at radius 3 is 2.00 bits per heavy atom. The van der Waals surface area contributed by atoms with Crippen LogP contribution in [0.4, 0.5) is 0 Å². The van der Waals surface area contributed by atoms with Crippen molar-refractivity contribution in [3.63, 3.8) is 0 Å². The van der Waals surface area contributed by atoms with Gasteiger partial charge in [-0.25, -0.2) is 0 Å². The summed E-state index contributed by atoms with van der Waals surface area (Å²) in [5.74, 6) is 0.604. The molecule has 1 N–H and O–H groups in total. The van der Waals surface area contributed by atoms with E-state index in [1.54, 1.807) is 0 Å². The van der Waals surface area contributed by atoms with Gasteiger partial charge in [0.15, 0.2) is 5.78 Å². The zero-order chi connectivity index (χ0) is 13.1. The average Bonchev–Trinajstić information content (AvgIpc) is 2.56. The predicted octanol–water partition coefficient (Wildman–Crippen LogP) is 4.48. The molecule has 0 saturated heterocycles. The molecular formula is C16H25NO. The Balaban J connectivity index is 2.16. The quantitative estimate of drug-likeness (QED) is 0.768. The van der Waals surface area contributed by atoms with Crippen molar-refractivity contribution < 1.29 is 4.79 Å². The zero-order valence-corrected chi connectivity index (χ0v) is 11.9. The number of aromatic nitrogens is 1. The molecule has 1 aliphatic rings. The molecule has 1 aliphatic carbocycles. The van der Waals surface area contributed by atoms with Gasteiger partial charge in [0.25, 0.3) is 0 Å². The fourth-order valence-electron chi connectivity index (χ4n) is 3.01. The Labute approximate surface area is 110 Å². The van der Waals surface area contributed by atoms with Gasteiger partial charge in [0.05, 0.1) is 5.69 Å². The summed E-state index contributed by atoms with van der Waals surface area (Å²) in [6, 6.07) is 0. The van der Waals surface area contributed by atoms with Crippen LogP contribution >= 0.6 is 0 Å². The van der Waals surface area contributed by atoms with Crippen LogP contribution in [0.15, 0.2) is 0 Å². The molecule has 1 fully saturated rings. The molecule has 0 aliphatic heterocycles. The first-order chi connectivity index (χ1) is 8.61. The molecule has 1 heterocycles. The molecule has 2 heteroatoms. The van der Waals surface area contributed by atoms with Crippen LogP contribution in [0.2, 0.25) is 0 Å². The first-order valence-corrected chi connectivity index (χ1v) is 7.31. The van der Waals surface area contributed by atoms with Crippen LogP contribution in [0, 0.1) is 26.7 Å². The third-order valence-electron chi connectivity index (χ3n) is 4.53. The lowest BCUT2D eigenvalue weighted by Gasteiger charge is -2.18. The van der Waals surface area contributed by atoms with Gasteiger partial charge in [-0.1, -0.05) is 32.1 Å². The maximum Gasteiger partial charge on any atom is 0.182 e. The lowest BCUT2D eigenvalue weighted by atomic mass is 9.86. The normalized spacial score (nSPS) is 18.4. The zero-order valence-electron chi connectivity index (χ0n) is 11.9. The first kappa shape index (κ1) is 13.4. The largest absolute Gasteiger partial charge is 0.356 e. The number of Topliss-reactive ketones (excluding diaryl/α,β-unsaturated/α-hetero) is 1. The summed E-state index contributed by atoms with van der Waals surface area (Å²) < 4.78 is 0. The summed E-state index contributed by atoms with van der Waals surface area (Å²) in [5, 5.41) is 0. The molecule has 0 atom stereocenters. The number of aryl methyl sites for hydroxylation is 1. The minimum Gasteiger partial charge on any atom is -0.356 e. The monoisotopic (exact) mass is 247 g/mol. The fourth-order valence-corrected chi connectivity index (χ4v) is 3.01. The molecule has 2 rings (SSSR count). The number of hydrogen-bond donors (Lipinski definition) is 1. The molecule has 0 unspecified atom stereocenters. The Hall–Kier alpha value is -1.05. The van der Waals surface area contributed by atoms with Gasteiger partial charge < -0.3 is 4.98 Å². The number of carbonyl (C=O) groups excluding carboxylic acids is 1. The molecule has 0 spiro atoms. The predicted molar refractivity (Wildman–Crippen MR) is 75.1 cm³/mol. The number of nitrogens with one attached hydrogen (secondary N) is 1. The van der Waals surface area contributed by atoms with E-state index < -0.39 is 0 Å². The number of rotatable bonds is 2. The molecule has 0 radical (unpaired) electrons. The summed E-state index contributed by atoms with van der Waals surface area (Å²) in [6.45, 7) is 6.21. The summed E-state index contributed by atoms with van der Waals surface area (Å²) in [6.07, 6.45) is 8.53. The van der Waals surface area contributed by atoms with Crippen molar-refractivity contribution >= 4 is 5.78 Å². The van der Waals surface area contributed by atoms with Crippen molar-refractivity contribution in [3.8, 4) is 0 Å². The van der Waals surface area contributed by atoms with Gasteiger partial charge in [-0.05, 0) is 44.7 Å². The Morgan fingerprint density at radius 1 is 0.944 bits per heavy atom. The molecule has 0 aromatic carbocycles. The van der Waals surface area contributed by atoms with E-state index in [9.17, 15) is 4.79 Å². The van der Waals surface area contributed by atoms with Crippen LogP contribution in [-0.2, 0) is 0 Å². The van der Waals surface area contributed by atoms with Crippen LogP contribution in [0.1, 0.15) is 72.3 Å². The maximum absolute atomic E-state index is 12.6. The molecular weight excluding hydrogens is 222 g/mol. The van der Waals surface area contributed by atoms with Gasteiger partial charge in [0, 0.05) is 11.6 Å². The molecule has 1 saturated carbocycles. The molecule has 100 valence electrons. The third-order valence-corrected chi connectivity index (χ3v) is 4.53. The summed E-state index contributed by atoms with van der Waals surface area (Å²) >= 11 is 0. The maximum atomic E-state index is 12.6. The highest BCUT2D eigenvalue weighted by atomic mass is 16.1. The summed E-state index contributed by atoms with van der Waals surface area (Å²) in [4.78, 5) is 15.9. The van der Waals surface area contributed by atoms with Gasteiger partial charge in [0.2, 0.25) is 0 Å². The average molecular weight is 247 g/mol. The van der Waals surface area contributed by atoms with E-state index in [1.165, 1.54) is 37.7 Å². The number of aromatic amines is 1. The van der Waals surface area contributed by atoms with E-state index in [4.69, 9.17) is 0 Å². The SMILES string of the molecule is Cc1[nH]c(C(=O)C2CCCCCCC2)c(C)c1C. The highest BCUT2D eigenvalue weighted by Gasteiger charge is 2.24. The van der Waals surface area contributed by atoms with Gasteiger partial charge >= 0.3 is 0 Å². The summed E-state index contributed by atoms with van der Waals surface area (Å²) in [7, 11) is 0. The second-order valence-electron chi connectivity index (χ2n) is 5.78. The molecule has 0 bridgehead atoms. The first-order valence-electron chi connectivity index (χ1n) is 7.31. The van der Waals surface area contributed by atoms with Crippen molar-refractivity contribution in [1.29, 1.82) is 0 Å². The minimum absolute atomic E-state index is 0.251. The lowest BCUT2D eigenvalue weighted by Crippen LogP contribution is -2.17. The van der Waals surface area contributed by atoms with E-state index in [0.29, 0.717) is 5.78 Å². The van der Waals surface area contributed by atoms with E-state index in [1.807, 2.05) is 0 Å². The van der Waals surface area contributed by atoms with E-state index in [-0.39, 0.29) is 5.92 Å². The number of carbonyl (C=O) groups is 1. The van der Waals surface area contributed by atoms with Crippen LogP contribution < -0.4 is 0 Å². The fraction of sp³-hybridized carbons (Fsp3) is 0.688. The van der Waals surface area contributed by atoms with Crippen molar-refractivity contribution in [2.24, 2.45) is 5.92 Å². The second kappa shape index (κ2) is 5.73. The summed E-state index contributed by atoms with van der Waals surface area (Å²) in [5.41, 5.74) is 4.40. The van der Waals surface area contributed by atoms with Gasteiger partial charge in [-0.3, -0.25) is 4.79 Å². The number of H-pyrrole nitrogens is 1. The highest BCUT2D eigenvalue weighted by molar-refractivity contribution is 5.98. The van der Waals surface area contributed by atoms with Gasteiger partial charge in [0.1, 0.15) is 0 Å². The van der Waals surface area contributed by atoms with Crippen LogP contribution in [-0.4, -0.2) is 10.8 Å². The molecule has 1 aromatic rings. The highest BCUT2D eigenvalue weighted by Crippen LogP contribution is 2.27. The van der Waals surface area contributed by atoms with E-state index in [2.05, 4.69) is 25.8 Å². The van der Waals surface area contributed by atoms with E-state index >= 15 is 0 Å². The molecule has 2 nitrogen and oxygen atoms in total. The number of hydrogen-bond acceptors (Lipinski definition) is 1. The topological polar surface area (TPSA) is 32.9 Å². The van der Waals surface area contributed by atoms with Crippen LogP contribution in [0.5, 0.6) is 0 Å².